The minimum Gasteiger partial charge on any atom is -0.478 e. The lowest BCUT2D eigenvalue weighted by molar-refractivity contribution is 0.0694. The van der Waals surface area contributed by atoms with Gasteiger partial charge >= 0.3 is 5.97 Å². The van der Waals surface area contributed by atoms with Gasteiger partial charge < -0.3 is 10.8 Å². The second-order valence-corrected chi connectivity index (χ2v) is 5.16. The molecule has 3 N–H and O–H groups in total. The van der Waals surface area contributed by atoms with E-state index in [9.17, 15) is 9.18 Å². The monoisotopic (exact) mass is 297 g/mol. The van der Waals surface area contributed by atoms with E-state index in [1.54, 1.807) is 24.3 Å². The number of benzene rings is 2. The van der Waals surface area contributed by atoms with Gasteiger partial charge in [0.2, 0.25) is 0 Å². The second kappa shape index (κ2) is 5.50. The standard InChI is InChI=1S/C13H9ClFNO2S/c14-7-3-1-2-4-9(7)19-10-6-5-8(15)12(16)11(10)13(17)18/h1-6H,16H2,(H,17,18). The first-order chi connectivity index (χ1) is 9.00. The number of anilines is 1. The Kier molecular flexibility index (Phi) is 3.97. The Labute approximate surface area is 118 Å². The predicted octanol–water partition coefficient (Wildman–Crippen LogP) is 3.91. The minimum atomic E-state index is -1.27. The van der Waals surface area contributed by atoms with Crippen LogP contribution in [0.3, 0.4) is 0 Å². The Morgan fingerprint density at radius 1 is 1.21 bits per heavy atom. The van der Waals surface area contributed by atoms with Crippen molar-refractivity contribution in [3.05, 3.63) is 52.8 Å². The summed E-state index contributed by atoms with van der Waals surface area (Å²) in [6.45, 7) is 0. The third-order valence-electron chi connectivity index (χ3n) is 2.42. The van der Waals surface area contributed by atoms with Crippen LogP contribution in [-0.2, 0) is 0 Å². The maximum Gasteiger partial charge on any atom is 0.339 e. The summed E-state index contributed by atoms with van der Waals surface area (Å²) in [6, 6.07) is 9.50. The van der Waals surface area contributed by atoms with Crippen LogP contribution in [0.15, 0.2) is 46.2 Å². The minimum absolute atomic E-state index is 0.245. The highest BCUT2D eigenvalue weighted by Gasteiger charge is 2.18. The first-order valence-electron chi connectivity index (χ1n) is 5.24. The molecule has 6 heteroatoms. The molecule has 3 nitrogen and oxygen atoms in total. The fourth-order valence-electron chi connectivity index (χ4n) is 1.53. The van der Waals surface area contributed by atoms with Crippen LogP contribution >= 0.6 is 23.4 Å². The van der Waals surface area contributed by atoms with Crippen LogP contribution in [-0.4, -0.2) is 11.1 Å². The van der Waals surface area contributed by atoms with Gasteiger partial charge in [-0.3, -0.25) is 0 Å². The first kappa shape index (κ1) is 13.7. The average Bonchev–Trinajstić information content (AvgIpc) is 2.36. The van der Waals surface area contributed by atoms with Gasteiger partial charge in [0.1, 0.15) is 5.82 Å². The van der Waals surface area contributed by atoms with Gasteiger partial charge in [-0.05, 0) is 24.3 Å². The van der Waals surface area contributed by atoms with Crippen molar-refractivity contribution in [2.75, 3.05) is 5.73 Å². The van der Waals surface area contributed by atoms with E-state index in [1.807, 2.05) is 0 Å². The van der Waals surface area contributed by atoms with Crippen molar-refractivity contribution in [1.29, 1.82) is 0 Å². The van der Waals surface area contributed by atoms with Crippen molar-refractivity contribution in [2.45, 2.75) is 9.79 Å². The number of halogens is 2. The van der Waals surface area contributed by atoms with Crippen LogP contribution in [0.25, 0.3) is 0 Å². The molecule has 0 unspecified atom stereocenters. The molecule has 0 atom stereocenters. The summed E-state index contributed by atoms with van der Waals surface area (Å²) < 4.78 is 13.3. The van der Waals surface area contributed by atoms with Gasteiger partial charge in [-0.15, -0.1) is 0 Å². The summed E-state index contributed by atoms with van der Waals surface area (Å²) >= 11 is 7.14. The maximum atomic E-state index is 13.3. The van der Waals surface area contributed by atoms with Crippen LogP contribution in [0.2, 0.25) is 5.02 Å². The van der Waals surface area contributed by atoms with Crippen LogP contribution in [0.4, 0.5) is 10.1 Å². The number of aromatic carboxylic acids is 1. The first-order valence-corrected chi connectivity index (χ1v) is 6.44. The SMILES string of the molecule is Nc1c(F)ccc(Sc2ccccc2Cl)c1C(=O)O. The van der Waals surface area contributed by atoms with E-state index in [4.69, 9.17) is 22.4 Å². The zero-order valence-corrected chi connectivity index (χ0v) is 11.1. The number of carboxylic acids is 1. The van der Waals surface area contributed by atoms with Gasteiger partial charge in [-0.25, -0.2) is 9.18 Å². The molecule has 0 bridgehead atoms. The average molecular weight is 298 g/mol. The van der Waals surface area contributed by atoms with Crippen molar-refractivity contribution in [3.63, 3.8) is 0 Å². The summed E-state index contributed by atoms with van der Waals surface area (Å²) in [5, 5.41) is 9.62. The lowest BCUT2D eigenvalue weighted by atomic mass is 10.2. The number of nitrogen functional groups attached to an aromatic ring is 1. The van der Waals surface area contributed by atoms with E-state index in [0.29, 0.717) is 14.8 Å². The van der Waals surface area contributed by atoms with Crippen LogP contribution in [0.1, 0.15) is 10.4 Å². The molecule has 0 aliphatic rings. The summed E-state index contributed by atoms with van der Waals surface area (Å²) in [5.41, 5.74) is 4.86. The molecular formula is C13H9ClFNO2S. The van der Waals surface area contributed by atoms with Gasteiger partial charge in [0.15, 0.2) is 0 Å². The highest BCUT2D eigenvalue weighted by atomic mass is 35.5. The Morgan fingerprint density at radius 3 is 2.53 bits per heavy atom. The molecule has 0 aromatic heterocycles. The molecule has 0 heterocycles. The van der Waals surface area contributed by atoms with Crippen LogP contribution in [0.5, 0.6) is 0 Å². The highest BCUT2D eigenvalue weighted by molar-refractivity contribution is 7.99. The van der Waals surface area contributed by atoms with E-state index in [0.717, 1.165) is 17.8 Å². The molecule has 19 heavy (non-hydrogen) atoms. The summed E-state index contributed by atoms with van der Waals surface area (Å²) in [7, 11) is 0. The zero-order chi connectivity index (χ0) is 14.0. The zero-order valence-electron chi connectivity index (χ0n) is 9.56. The fourth-order valence-corrected chi connectivity index (χ4v) is 2.76. The van der Waals surface area contributed by atoms with Gasteiger partial charge in [-0.2, -0.15) is 0 Å². The second-order valence-electron chi connectivity index (χ2n) is 3.67. The van der Waals surface area contributed by atoms with Crippen molar-refractivity contribution >= 4 is 35.0 Å². The van der Waals surface area contributed by atoms with Crippen LogP contribution < -0.4 is 5.73 Å². The molecule has 2 aromatic rings. The number of carboxylic acid groups (broad SMARTS) is 1. The number of hydrogen-bond donors (Lipinski definition) is 2. The lowest BCUT2D eigenvalue weighted by Crippen LogP contribution is -2.06. The molecule has 0 amide bonds. The Hall–Kier alpha value is -1.72. The van der Waals surface area contributed by atoms with Gasteiger partial charge in [0, 0.05) is 9.79 Å². The third-order valence-corrected chi connectivity index (χ3v) is 4.00. The lowest BCUT2D eigenvalue weighted by Gasteiger charge is -2.10. The fraction of sp³-hybridized carbons (Fsp3) is 0. The summed E-state index contributed by atoms with van der Waals surface area (Å²) in [6.07, 6.45) is 0. The molecule has 0 aliphatic heterocycles. The van der Waals surface area contributed by atoms with Crippen LogP contribution in [0, 0.1) is 5.82 Å². The van der Waals surface area contributed by atoms with Crippen molar-refractivity contribution in [2.24, 2.45) is 0 Å². The molecule has 2 rings (SSSR count). The molecule has 0 radical (unpaired) electrons. The van der Waals surface area contributed by atoms with E-state index >= 15 is 0 Å². The van der Waals surface area contributed by atoms with Crippen molar-refractivity contribution in [3.8, 4) is 0 Å². The van der Waals surface area contributed by atoms with Crippen molar-refractivity contribution in [1.82, 2.24) is 0 Å². The quantitative estimate of drug-likeness (QED) is 0.843. The molecule has 0 aliphatic carbocycles. The van der Waals surface area contributed by atoms with E-state index in [-0.39, 0.29) is 11.3 Å². The third kappa shape index (κ3) is 2.83. The molecular weight excluding hydrogens is 289 g/mol. The number of rotatable bonds is 3. The molecule has 0 fully saturated rings. The topological polar surface area (TPSA) is 63.3 Å². The molecule has 2 aromatic carbocycles. The number of hydrogen-bond acceptors (Lipinski definition) is 3. The smallest absolute Gasteiger partial charge is 0.339 e. The maximum absolute atomic E-state index is 13.3. The van der Waals surface area contributed by atoms with Gasteiger partial charge in [-0.1, -0.05) is 35.5 Å². The van der Waals surface area contributed by atoms with Crippen molar-refractivity contribution < 1.29 is 14.3 Å². The normalized spacial score (nSPS) is 10.4. The Balaban J connectivity index is 2.49. The number of carbonyl (C=O) groups is 1. The predicted molar refractivity (Wildman–Crippen MR) is 73.3 cm³/mol. The van der Waals surface area contributed by atoms with E-state index in [2.05, 4.69) is 0 Å². The largest absolute Gasteiger partial charge is 0.478 e. The summed E-state index contributed by atoms with van der Waals surface area (Å²) in [4.78, 5) is 12.2. The summed E-state index contributed by atoms with van der Waals surface area (Å²) in [5.74, 6) is -2.02. The van der Waals surface area contributed by atoms with Gasteiger partial charge in [0.25, 0.3) is 0 Å². The molecule has 0 spiro atoms. The van der Waals surface area contributed by atoms with E-state index in [1.165, 1.54) is 6.07 Å². The van der Waals surface area contributed by atoms with Gasteiger partial charge in [0.05, 0.1) is 16.3 Å². The number of nitrogens with two attached hydrogens (primary N) is 1. The molecule has 98 valence electrons. The Morgan fingerprint density at radius 2 is 1.89 bits per heavy atom. The molecule has 0 saturated carbocycles. The highest BCUT2D eigenvalue weighted by Crippen LogP contribution is 2.37. The Bertz CT molecular complexity index is 649. The molecule has 0 saturated heterocycles. The van der Waals surface area contributed by atoms with E-state index < -0.39 is 11.8 Å².